The minimum absolute atomic E-state index is 0.712. The monoisotopic (exact) mass is 261 g/mol. The maximum Gasteiger partial charge on any atom is 0.150 e. The Morgan fingerprint density at radius 1 is 0.950 bits per heavy atom. The molecule has 0 aliphatic heterocycles. The molecule has 0 aliphatic carbocycles. The van der Waals surface area contributed by atoms with E-state index >= 15 is 0 Å². The highest BCUT2D eigenvalue weighted by molar-refractivity contribution is 5.87. The number of rotatable bonds is 4. The first-order valence-electron chi connectivity index (χ1n) is 6.62. The molecule has 0 aliphatic rings. The Bertz CT molecular complexity index is 753. The molecule has 1 aromatic heterocycles. The van der Waals surface area contributed by atoms with Crippen molar-refractivity contribution < 1.29 is 4.79 Å². The Balaban J connectivity index is 1.84. The lowest BCUT2D eigenvalue weighted by Crippen LogP contribution is -1.93. The van der Waals surface area contributed by atoms with Gasteiger partial charge in [0.2, 0.25) is 0 Å². The Hall–Kier alpha value is -2.61. The maximum absolute atomic E-state index is 10.9. The Morgan fingerprint density at radius 2 is 1.80 bits per heavy atom. The van der Waals surface area contributed by atoms with Gasteiger partial charge in [-0.25, -0.2) is 0 Å². The van der Waals surface area contributed by atoms with Gasteiger partial charge in [0.15, 0.2) is 0 Å². The summed E-state index contributed by atoms with van der Waals surface area (Å²) in [7, 11) is 0. The highest BCUT2D eigenvalue weighted by Gasteiger charge is 2.00. The van der Waals surface area contributed by atoms with Crippen LogP contribution in [0.2, 0.25) is 0 Å². The van der Waals surface area contributed by atoms with Crippen LogP contribution in [0.3, 0.4) is 0 Å². The maximum atomic E-state index is 10.9. The third kappa shape index (κ3) is 2.54. The number of aldehydes is 1. The summed E-state index contributed by atoms with van der Waals surface area (Å²) < 4.78 is 2.14. The van der Waals surface area contributed by atoms with E-state index in [-0.39, 0.29) is 0 Å². The van der Waals surface area contributed by atoms with Gasteiger partial charge in [0, 0.05) is 23.8 Å². The molecule has 1 heterocycles. The topological polar surface area (TPSA) is 22.0 Å². The molecular weight excluding hydrogens is 246 g/mol. The summed E-state index contributed by atoms with van der Waals surface area (Å²) in [6.45, 7) is 0.792. The van der Waals surface area contributed by atoms with Crippen molar-refractivity contribution in [3.8, 4) is 0 Å². The average molecular weight is 261 g/mol. The summed E-state index contributed by atoms with van der Waals surface area (Å²) in [5.41, 5.74) is 2.99. The summed E-state index contributed by atoms with van der Waals surface area (Å²) in [4.78, 5) is 10.9. The molecule has 0 unspecified atom stereocenters. The van der Waals surface area contributed by atoms with E-state index in [0.717, 1.165) is 23.7 Å². The minimum atomic E-state index is 0.712. The van der Waals surface area contributed by atoms with Crippen LogP contribution in [0.4, 0.5) is 0 Å². The quantitative estimate of drug-likeness (QED) is 0.646. The molecule has 2 heteroatoms. The molecule has 0 amide bonds. The molecule has 20 heavy (non-hydrogen) atoms. The van der Waals surface area contributed by atoms with E-state index in [2.05, 4.69) is 41.1 Å². The van der Waals surface area contributed by atoms with Crippen molar-refractivity contribution in [1.82, 2.24) is 4.57 Å². The SMILES string of the molecule is O=Cc1ccc2ccn(C/C=C/c3ccccc3)c2c1. The van der Waals surface area contributed by atoms with E-state index in [1.54, 1.807) is 0 Å². The minimum Gasteiger partial charge on any atom is -0.344 e. The number of carbonyl (C=O) groups is 1. The number of nitrogens with zero attached hydrogens (tertiary/aromatic N) is 1. The van der Waals surface area contributed by atoms with Crippen LogP contribution < -0.4 is 0 Å². The fraction of sp³-hybridized carbons (Fsp3) is 0.0556. The summed E-state index contributed by atoms with van der Waals surface area (Å²) in [5.74, 6) is 0. The molecule has 2 nitrogen and oxygen atoms in total. The molecule has 3 aromatic rings. The number of allylic oxidation sites excluding steroid dienone is 1. The molecule has 0 saturated carbocycles. The largest absolute Gasteiger partial charge is 0.344 e. The van der Waals surface area contributed by atoms with Crippen LogP contribution in [0, 0.1) is 0 Å². The van der Waals surface area contributed by atoms with Gasteiger partial charge >= 0.3 is 0 Å². The van der Waals surface area contributed by atoms with Gasteiger partial charge in [-0.1, -0.05) is 54.6 Å². The summed E-state index contributed by atoms with van der Waals surface area (Å²) in [5, 5.41) is 1.16. The Labute approximate surface area is 118 Å². The van der Waals surface area contributed by atoms with Crippen molar-refractivity contribution in [2.45, 2.75) is 6.54 Å². The predicted molar refractivity (Wildman–Crippen MR) is 82.8 cm³/mol. The Morgan fingerprint density at radius 3 is 2.60 bits per heavy atom. The first-order valence-corrected chi connectivity index (χ1v) is 6.62. The third-order valence-electron chi connectivity index (χ3n) is 3.35. The zero-order chi connectivity index (χ0) is 13.8. The Kier molecular flexibility index (Phi) is 3.46. The predicted octanol–water partition coefficient (Wildman–Crippen LogP) is 4.17. The lowest BCUT2D eigenvalue weighted by molar-refractivity contribution is 0.112. The molecule has 0 spiro atoms. The number of hydrogen-bond acceptors (Lipinski definition) is 1. The second-order valence-electron chi connectivity index (χ2n) is 4.72. The van der Waals surface area contributed by atoms with Gasteiger partial charge in [0.25, 0.3) is 0 Å². The summed E-state index contributed by atoms with van der Waals surface area (Å²) in [6, 6.07) is 18.1. The molecular formula is C18H15NO. The van der Waals surface area contributed by atoms with Gasteiger partial charge in [0.05, 0.1) is 0 Å². The van der Waals surface area contributed by atoms with Crippen molar-refractivity contribution in [2.24, 2.45) is 0 Å². The number of carbonyl (C=O) groups excluding carboxylic acids is 1. The average Bonchev–Trinajstić information content (AvgIpc) is 2.91. The van der Waals surface area contributed by atoms with E-state index in [1.807, 2.05) is 36.4 Å². The molecule has 0 fully saturated rings. The zero-order valence-corrected chi connectivity index (χ0v) is 11.1. The highest BCUT2D eigenvalue weighted by atomic mass is 16.1. The first-order chi connectivity index (χ1) is 9.86. The summed E-state index contributed by atoms with van der Waals surface area (Å²) >= 11 is 0. The van der Waals surface area contributed by atoms with Crippen molar-refractivity contribution in [1.29, 1.82) is 0 Å². The van der Waals surface area contributed by atoms with Gasteiger partial charge in [-0.15, -0.1) is 0 Å². The molecule has 98 valence electrons. The molecule has 0 bridgehead atoms. The second-order valence-corrected chi connectivity index (χ2v) is 4.72. The van der Waals surface area contributed by atoms with E-state index in [1.165, 1.54) is 5.56 Å². The van der Waals surface area contributed by atoms with Gasteiger partial charge in [-0.05, 0) is 23.1 Å². The second kappa shape index (κ2) is 5.57. The summed E-state index contributed by atoms with van der Waals surface area (Å²) in [6.07, 6.45) is 7.17. The molecule has 0 radical (unpaired) electrons. The smallest absolute Gasteiger partial charge is 0.150 e. The van der Waals surface area contributed by atoms with Crippen LogP contribution in [-0.4, -0.2) is 10.9 Å². The number of fused-ring (bicyclic) bond motifs is 1. The first kappa shape index (κ1) is 12.4. The van der Waals surface area contributed by atoms with Crippen LogP contribution in [0.1, 0.15) is 15.9 Å². The fourth-order valence-corrected chi connectivity index (χ4v) is 2.30. The van der Waals surface area contributed by atoms with Crippen LogP contribution in [0.5, 0.6) is 0 Å². The normalized spacial score (nSPS) is 11.2. The van der Waals surface area contributed by atoms with E-state index < -0.39 is 0 Å². The van der Waals surface area contributed by atoms with Gasteiger partial charge in [0.1, 0.15) is 6.29 Å². The zero-order valence-electron chi connectivity index (χ0n) is 11.1. The van der Waals surface area contributed by atoms with Gasteiger partial charge in [-0.3, -0.25) is 4.79 Å². The third-order valence-corrected chi connectivity index (χ3v) is 3.35. The standard InChI is InChI=1S/C18H15NO/c20-14-16-8-9-17-10-12-19(18(17)13-16)11-4-7-15-5-2-1-3-6-15/h1-10,12-14H,11H2/b7-4+. The van der Waals surface area contributed by atoms with E-state index in [4.69, 9.17) is 0 Å². The molecule has 3 rings (SSSR count). The lowest BCUT2D eigenvalue weighted by Gasteiger charge is -2.02. The van der Waals surface area contributed by atoms with Gasteiger partial charge < -0.3 is 4.57 Å². The van der Waals surface area contributed by atoms with Crippen molar-refractivity contribution in [2.75, 3.05) is 0 Å². The fourth-order valence-electron chi connectivity index (χ4n) is 2.30. The van der Waals surface area contributed by atoms with Crippen LogP contribution in [0.15, 0.2) is 66.9 Å². The van der Waals surface area contributed by atoms with Crippen LogP contribution in [-0.2, 0) is 6.54 Å². The van der Waals surface area contributed by atoms with E-state index in [0.29, 0.717) is 5.56 Å². The number of aromatic nitrogens is 1. The van der Waals surface area contributed by atoms with Crippen molar-refractivity contribution in [3.05, 3.63) is 78.0 Å². The van der Waals surface area contributed by atoms with Crippen molar-refractivity contribution >= 4 is 23.3 Å². The lowest BCUT2D eigenvalue weighted by atomic mass is 10.2. The molecule has 0 saturated heterocycles. The van der Waals surface area contributed by atoms with Crippen LogP contribution >= 0.6 is 0 Å². The number of hydrogen-bond donors (Lipinski definition) is 0. The van der Waals surface area contributed by atoms with Crippen LogP contribution in [0.25, 0.3) is 17.0 Å². The molecule has 0 N–H and O–H groups in total. The molecule has 0 atom stereocenters. The number of benzene rings is 2. The highest BCUT2D eigenvalue weighted by Crippen LogP contribution is 2.17. The van der Waals surface area contributed by atoms with Gasteiger partial charge in [-0.2, -0.15) is 0 Å². The van der Waals surface area contributed by atoms with Crippen molar-refractivity contribution in [3.63, 3.8) is 0 Å². The molecule has 2 aromatic carbocycles. The van der Waals surface area contributed by atoms with E-state index in [9.17, 15) is 4.79 Å².